The van der Waals surface area contributed by atoms with Crippen LogP contribution in [0.15, 0.2) is 35.4 Å². The lowest BCUT2D eigenvalue weighted by Crippen LogP contribution is -2.33. The van der Waals surface area contributed by atoms with Crippen molar-refractivity contribution in [3.63, 3.8) is 0 Å². The molecule has 1 unspecified atom stereocenters. The Kier molecular flexibility index (Phi) is 3.62. The number of nitrogens with one attached hydrogen (secondary N) is 2. The van der Waals surface area contributed by atoms with Gasteiger partial charge >= 0.3 is 0 Å². The van der Waals surface area contributed by atoms with E-state index >= 15 is 0 Å². The van der Waals surface area contributed by atoms with E-state index in [1.54, 1.807) is 6.07 Å². The van der Waals surface area contributed by atoms with Gasteiger partial charge in [-0.3, -0.25) is 14.6 Å². The Balaban J connectivity index is 1.81. The van der Waals surface area contributed by atoms with Gasteiger partial charge in [0.25, 0.3) is 5.91 Å². The van der Waals surface area contributed by atoms with Crippen molar-refractivity contribution >= 4 is 17.5 Å². The number of fused-ring (bicyclic) bond motifs is 1. The Labute approximate surface area is 125 Å². The number of halogens is 1. The minimum Gasteiger partial charge on any atom is -0.491 e. The molecular weight excluding hydrogens is 294 g/mol. The first kappa shape index (κ1) is 13.6. The van der Waals surface area contributed by atoms with Crippen LogP contribution in [0.4, 0.5) is 0 Å². The molecular formula is C14H12ClN3O3. The molecule has 0 saturated carbocycles. The Morgan fingerprint density at radius 1 is 1.48 bits per heavy atom. The largest absolute Gasteiger partial charge is 0.491 e. The van der Waals surface area contributed by atoms with Gasteiger partial charge < -0.3 is 15.0 Å². The van der Waals surface area contributed by atoms with Crippen molar-refractivity contribution in [2.75, 3.05) is 6.61 Å². The molecule has 1 amide bonds. The third kappa shape index (κ3) is 2.90. The van der Waals surface area contributed by atoms with Gasteiger partial charge in [-0.15, -0.1) is 0 Å². The summed E-state index contributed by atoms with van der Waals surface area (Å²) in [6, 6.07) is 4.22. The van der Waals surface area contributed by atoms with Crippen LogP contribution in [0.1, 0.15) is 28.5 Å². The molecule has 2 aromatic heterocycles. The van der Waals surface area contributed by atoms with Crippen LogP contribution < -0.4 is 15.6 Å². The van der Waals surface area contributed by atoms with E-state index in [-0.39, 0.29) is 17.5 Å². The zero-order chi connectivity index (χ0) is 14.8. The number of H-pyrrole nitrogens is 1. The van der Waals surface area contributed by atoms with Crippen molar-refractivity contribution in [3.8, 4) is 5.75 Å². The molecule has 2 N–H and O–H groups in total. The number of aromatic amines is 1. The fraction of sp³-hybridized carbons (Fsp3) is 0.214. The summed E-state index contributed by atoms with van der Waals surface area (Å²) in [5.74, 6) is 0.307. The Morgan fingerprint density at radius 2 is 2.33 bits per heavy atom. The van der Waals surface area contributed by atoms with Crippen LogP contribution in [-0.4, -0.2) is 22.5 Å². The lowest BCUT2D eigenvalue weighted by molar-refractivity contribution is 0.0922. The molecule has 2 aromatic rings. The zero-order valence-corrected chi connectivity index (χ0v) is 11.7. The monoisotopic (exact) mass is 305 g/mol. The molecule has 1 aliphatic heterocycles. The van der Waals surface area contributed by atoms with Crippen molar-refractivity contribution in [1.82, 2.24) is 15.3 Å². The molecule has 3 heterocycles. The van der Waals surface area contributed by atoms with Crippen molar-refractivity contribution in [2.24, 2.45) is 0 Å². The van der Waals surface area contributed by atoms with E-state index in [2.05, 4.69) is 15.3 Å². The number of carbonyl (C=O) groups excluding carboxylic acids is 1. The van der Waals surface area contributed by atoms with Crippen LogP contribution in [-0.2, 0) is 0 Å². The van der Waals surface area contributed by atoms with Gasteiger partial charge in [-0.1, -0.05) is 11.6 Å². The van der Waals surface area contributed by atoms with Crippen molar-refractivity contribution in [3.05, 3.63) is 57.2 Å². The van der Waals surface area contributed by atoms with Gasteiger partial charge in [-0.05, 0) is 6.07 Å². The standard InChI is InChI=1S/C14H12ClN3O3/c15-9-5-11-13(17-7-9)10(3-4-21-11)18-14(20)8-1-2-12(19)16-6-8/h1-2,5-7,10H,3-4H2,(H,16,19)(H,18,20). The number of carbonyl (C=O) groups is 1. The topological polar surface area (TPSA) is 84.1 Å². The average Bonchev–Trinajstić information content (AvgIpc) is 2.47. The molecule has 1 atom stereocenters. The molecule has 0 radical (unpaired) electrons. The first-order chi connectivity index (χ1) is 10.1. The summed E-state index contributed by atoms with van der Waals surface area (Å²) in [6.07, 6.45) is 3.53. The van der Waals surface area contributed by atoms with Gasteiger partial charge in [0.15, 0.2) is 0 Å². The SMILES string of the molecule is O=C(NC1CCOc2cc(Cl)cnc21)c1ccc(=O)[nH]c1. The molecule has 6 nitrogen and oxygen atoms in total. The number of nitrogens with zero attached hydrogens (tertiary/aromatic N) is 1. The minimum atomic E-state index is -0.277. The Hall–Kier alpha value is -2.34. The summed E-state index contributed by atoms with van der Waals surface area (Å²) < 4.78 is 5.49. The van der Waals surface area contributed by atoms with Gasteiger partial charge in [-0.2, -0.15) is 0 Å². The number of aromatic nitrogens is 2. The average molecular weight is 306 g/mol. The van der Waals surface area contributed by atoms with Crippen molar-refractivity contribution < 1.29 is 9.53 Å². The molecule has 0 fully saturated rings. The van der Waals surface area contributed by atoms with Gasteiger partial charge in [0.1, 0.15) is 11.4 Å². The second-order valence-electron chi connectivity index (χ2n) is 4.64. The second-order valence-corrected chi connectivity index (χ2v) is 5.08. The number of hydrogen-bond donors (Lipinski definition) is 2. The number of pyridine rings is 2. The lowest BCUT2D eigenvalue weighted by Gasteiger charge is -2.25. The third-order valence-electron chi connectivity index (χ3n) is 3.19. The smallest absolute Gasteiger partial charge is 0.253 e. The van der Waals surface area contributed by atoms with Crippen LogP contribution in [0.3, 0.4) is 0 Å². The first-order valence-electron chi connectivity index (χ1n) is 6.41. The predicted molar refractivity (Wildman–Crippen MR) is 76.6 cm³/mol. The summed E-state index contributed by atoms with van der Waals surface area (Å²) in [4.78, 5) is 29.9. The highest BCUT2D eigenvalue weighted by atomic mass is 35.5. The first-order valence-corrected chi connectivity index (χ1v) is 6.79. The summed E-state index contributed by atoms with van der Waals surface area (Å²) in [6.45, 7) is 0.478. The molecule has 0 spiro atoms. The van der Waals surface area contributed by atoms with Gasteiger partial charge in [0, 0.05) is 30.9 Å². The van der Waals surface area contributed by atoms with E-state index in [0.29, 0.717) is 35.1 Å². The fourth-order valence-corrected chi connectivity index (χ4v) is 2.31. The maximum atomic E-state index is 12.2. The molecule has 21 heavy (non-hydrogen) atoms. The molecule has 0 bridgehead atoms. The second kappa shape index (κ2) is 5.57. The summed E-state index contributed by atoms with van der Waals surface area (Å²) in [5.41, 5.74) is 0.791. The molecule has 3 rings (SSSR count). The van der Waals surface area contributed by atoms with Crippen molar-refractivity contribution in [1.29, 1.82) is 0 Å². The molecule has 7 heteroatoms. The normalized spacial score (nSPS) is 16.7. The van der Waals surface area contributed by atoms with Crippen LogP contribution >= 0.6 is 11.6 Å². The van der Waals surface area contributed by atoms with E-state index in [1.165, 1.54) is 24.5 Å². The van der Waals surface area contributed by atoms with E-state index in [4.69, 9.17) is 16.3 Å². The highest BCUT2D eigenvalue weighted by Gasteiger charge is 2.25. The predicted octanol–water partition coefficient (Wildman–Crippen LogP) is 1.68. The Morgan fingerprint density at radius 3 is 3.10 bits per heavy atom. The lowest BCUT2D eigenvalue weighted by atomic mass is 10.1. The van der Waals surface area contributed by atoms with E-state index in [1.807, 2.05) is 0 Å². The maximum absolute atomic E-state index is 12.2. The molecule has 0 aromatic carbocycles. The minimum absolute atomic E-state index is 0.245. The number of amides is 1. The van der Waals surface area contributed by atoms with Crippen LogP contribution in [0.5, 0.6) is 5.75 Å². The maximum Gasteiger partial charge on any atom is 0.253 e. The summed E-state index contributed by atoms with van der Waals surface area (Å²) >= 11 is 5.88. The zero-order valence-electron chi connectivity index (χ0n) is 10.9. The number of rotatable bonds is 2. The highest BCUT2D eigenvalue weighted by molar-refractivity contribution is 6.30. The van der Waals surface area contributed by atoms with Gasteiger partial charge in [0.2, 0.25) is 5.56 Å². The third-order valence-corrected chi connectivity index (χ3v) is 3.40. The summed E-state index contributed by atoms with van der Waals surface area (Å²) in [7, 11) is 0. The van der Waals surface area contributed by atoms with Crippen LogP contribution in [0.25, 0.3) is 0 Å². The quantitative estimate of drug-likeness (QED) is 0.884. The molecule has 108 valence electrons. The highest BCUT2D eigenvalue weighted by Crippen LogP contribution is 2.32. The molecule has 0 saturated heterocycles. The van der Waals surface area contributed by atoms with E-state index in [9.17, 15) is 9.59 Å². The van der Waals surface area contributed by atoms with Gasteiger partial charge in [0.05, 0.1) is 23.2 Å². The number of ether oxygens (including phenoxy) is 1. The number of hydrogen-bond acceptors (Lipinski definition) is 4. The summed E-state index contributed by atoms with van der Waals surface area (Å²) in [5, 5.41) is 3.37. The Bertz CT molecular complexity index is 724. The van der Waals surface area contributed by atoms with Crippen LogP contribution in [0, 0.1) is 0 Å². The molecule has 1 aliphatic rings. The van der Waals surface area contributed by atoms with Gasteiger partial charge in [-0.25, -0.2) is 0 Å². The van der Waals surface area contributed by atoms with E-state index < -0.39 is 0 Å². The van der Waals surface area contributed by atoms with Crippen molar-refractivity contribution in [2.45, 2.75) is 12.5 Å². The van der Waals surface area contributed by atoms with E-state index in [0.717, 1.165) is 0 Å². The molecule has 0 aliphatic carbocycles. The fourth-order valence-electron chi connectivity index (χ4n) is 2.17. The van der Waals surface area contributed by atoms with Crippen LogP contribution in [0.2, 0.25) is 5.02 Å².